The van der Waals surface area contributed by atoms with Gasteiger partial charge >= 0.3 is 0 Å². The Bertz CT molecular complexity index is 1010. The van der Waals surface area contributed by atoms with Crippen molar-refractivity contribution in [1.82, 2.24) is 4.98 Å². The summed E-state index contributed by atoms with van der Waals surface area (Å²) in [6, 6.07) is 12.0. The van der Waals surface area contributed by atoms with Gasteiger partial charge < -0.3 is 5.32 Å². The predicted molar refractivity (Wildman–Crippen MR) is 99.2 cm³/mol. The highest BCUT2D eigenvalue weighted by Crippen LogP contribution is 2.28. The molecule has 0 spiro atoms. The Balaban J connectivity index is 1.75. The van der Waals surface area contributed by atoms with Gasteiger partial charge in [-0.25, -0.2) is 13.4 Å². The summed E-state index contributed by atoms with van der Waals surface area (Å²) in [5.41, 5.74) is 1.71. The summed E-state index contributed by atoms with van der Waals surface area (Å²) >= 11 is 4.67. The quantitative estimate of drug-likeness (QED) is 0.691. The van der Waals surface area contributed by atoms with Gasteiger partial charge in [0.05, 0.1) is 15.1 Å². The molecule has 2 aromatic carbocycles. The number of amides is 1. The molecule has 1 amide bonds. The smallest absolute Gasteiger partial charge is 0.241 e. The highest BCUT2D eigenvalue weighted by Gasteiger charge is 2.20. The third-order valence-electron chi connectivity index (χ3n) is 3.30. The molecule has 24 heavy (non-hydrogen) atoms. The van der Waals surface area contributed by atoms with E-state index in [2.05, 4.69) is 26.2 Å². The van der Waals surface area contributed by atoms with E-state index in [0.29, 0.717) is 5.13 Å². The Morgan fingerprint density at radius 2 is 1.92 bits per heavy atom. The SMILES string of the molecule is Cc1ccc(S(=O)(=O)CC(=O)Nc2nc3ccc(Br)cc3s2)cc1. The maximum atomic E-state index is 12.3. The van der Waals surface area contributed by atoms with Gasteiger partial charge in [-0.3, -0.25) is 4.79 Å². The highest BCUT2D eigenvalue weighted by atomic mass is 79.9. The lowest BCUT2D eigenvalue weighted by Crippen LogP contribution is -2.22. The molecule has 0 radical (unpaired) electrons. The fraction of sp³-hybridized carbons (Fsp3) is 0.125. The number of carbonyl (C=O) groups excluding carboxylic acids is 1. The van der Waals surface area contributed by atoms with E-state index in [1.54, 1.807) is 12.1 Å². The third kappa shape index (κ3) is 3.82. The second kappa shape index (κ2) is 6.62. The minimum Gasteiger partial charge on any atom is -0.301 e. The first-order valence-corrected chi connectivity index (χ1v) is 10.2. The van der Waals surface area contributed by atoms with Crippen LogP contribution < -0.4 is 5.32 Å². The van der Waals surface area contributed by atoms with Gasteiger partial charge in [-0.2, -0.15) is 0 Å². The van der Waals surface area contributed by atoms with Gasteiger partial charge in [-0.1, -0.05) is 45.0 Å². The maximum Gasteiger partial charge on any atom is 0.241 e. The fourth-order valence-corrected chi connectivity index (χ4v) is 4.68. The van der Waals surface area contributed by atoms with E-state index in [1.807, 2.05) is 25.1 Å². The van der Waals surface area contributed by atoms with E-state index in [9.17, 15) is 13.2 Å². The van der Waals surface area contributed by atoms with Crippen LogP contribution in [0, 0.1) is 6.92 Å². The highest BCUT2D eigenvalue weighted by molar-refractivity contribution is 9.10. The molecule has 8 heteroatoms. The van der Waals surface area contributed by atoms with Gasteiger partial charge in [-0.15, -0.1) is 0 Å². The monoisotopic (exact) mass is 424 g/mol. The summed E-state index contributed by atoms with van der Waals surface area (Å²) in [4.78, 5) is 16.5. The number of sulfone groups is 1. The molecule has 0 unspecified atom stereocenters. The minimum atomic E-state index is -3.68. The van der Waals surface area contributed by atoms with Crippen LogP contribution in [0.4, 0.5) is 5.13 Å². The standard InChI is InChI=1S/C16H13BrN2O3S2/c1-10-2-5-12(6-3-10)24(21,22)9-15(20)19-16-18-13-7-4-11(17)8-14(13)23-16/h2-8H,9H2,1H3,(H,18,19,20). The molecule has 0 saturated heterocycles. The second-order valence-electron chi connectivity index (χ2n) is 5.25. The molecule has 1 N–H and O–H groups in total. The summed E-state index contributed by atoms with van der Waals surface area (Å²) in [5, 5.41) is 2.94. The topological polar surface area (TPSA) is 76.1 Å². The maximum absolute atomic E-state index is 12.3. The van der Waals surface area contributed by atoms with Crippen molar-refractivity contribution in [2.45, 2.75) is 11.8 Å². The molecule has 5 nitrogen and oxygen atoms in total. The van der Waals surface area contributed by atoms with E-state index in [-0.39, 0.29) is 4.90 Å². The number of anilines is 1. The molecular weight excluding hydrogens is 412 g/mol. The number of hydrogen-bond donors (Lipinski definition) is 1. The number of aromatic nitrogens is 1. The van der Waals surface area contributed by atoms with Crippen LogP contribution >= 0.6 is 27.3 Å². The van der Waals surface area contributed by atoms with Crippen LogP contribution in [-0.2, 0) is 14.6 Å². The molecule has 0 bridgehead atoms. The average molecular weight is 425 g/mol. The lowest BCUT2D eigenvalue weighted by molar-refractivity contribution is -0.113. The number of nitrogens with one attached hydrogen (secondary N) is 1. The number of fused-ring (bicyclic) bond motifs is 1. The molecule has 0 aliphatic heterocycles. The first-order chi connectivity index (χ1) is 11.3. The molecule has 124 valence electrons. The van der Waals surface area contributed by atoms with Crippen LogP contribution in [-0.4, -0.2) is 25.1 Å². The summed E-state index contributed by atoms with van der Waals surface area (Å²) in [5.74, 6) is -1.22. The third-order valence-corrected chi connectivity index (χ3v) is 6.36. The molecule has 0 saturated carbocycles. The molecule has 0 aliphatic carbocycles. The van der Waals surface area contributed by atoms with Crippen LogP contribution in [0.2, 0.25) is 0 Å². The predicted octanol–water partition coefficient (Wildman–Crippen LogP) is 3.78. The Labute approximate surface area is 151 Å². The molecule has 0 fully saturated rings. The normalized spacial score (nSPS) is 11.6. The number of hydrogen-bond acceptors (Lipinski definition) is 5. The molecule has 3 aromatic rings. The first kappa shape index (κ1) is 17.1. The number of carbonyl (C=O) groups is 1. The van der Waals surface area contributed by atoms with Crippen molar-refractivity contribution in [3.05, 3.63) is 52.5 Å². The largest absolute Gasteiger partial charge is 0.301 e. The van der Waals surface area contributed by atoms with Gasteiger partial charge in [0.25, 0.3) is 0 Å². The summed E-state index contributed by atoms with van der Waals surface area (Å²) in [6.45, 7) is 1.87. The van der Waals surface area contributed by atoms with Gasteiger partial charge in [0.1, 0.15) is 5.75 Å². The van der Waals surface area contributed by atoms with Crippen molar-refractivity contribution in [3.8, 4) is 0 Å². The van der Waals surface area contributed by atoms with E-state index in [1.165, 1.54) is 23.5 Å². The van der Waals surface area contributed by atoms with Gasteiger partial charge in [0.2, 0.25) is 5.91 Å². The molecule has 0 atom stereocenters. The zero-order chi connectivity index (χ0) is 17.3. The number of aryl methyl sites for hydroxylation is 1. The van der Waals surface area contributed by atoms with Crippen LogP contribution in [0.15, 0.2) is 51.8 Å². The van der Waals surface area contributed by atoms with E-state index in [4.69, 9.17) is 0 Å². The van der Waals surface area contributed by atoms with Gasteiger partial charge in [0.15, 0.2) is 15.0 Å². The van der Waals surface area contributed by atoms with E-state index < -0.39 is 21.5 Å². The molecular formula is C16H13BrN2O3S2. The van der Waals surface area contributed by atoms with Gasteiger partial charge in [-0.05, 0) is 37.3 Å². The van der Waals surface area contributed by atoms with Crippen molar-refractivity contribution in [1.29, 1.82) is 0 Å². The fourth-order valence-electron chi connectivity index (χ4n) is 2.11. The Morgan fingerprint density at radius 3 is 2.62 bits per heavy atom. The number of benzene rings is 2. The second-order valence-corrected chi connectivity index (χ2v) is 9.19. The summed E-state index contributed by atoms with van der Waals surface area (Å²) in [6.07, 6.45) is 0. The van der Waals surface area contributed by atoms with Crippen molar-refractivity contribution >= 4 is 58.4 Å². The number of rotatable bonds is 4. The van der Waals surface area contributed by atoms with Gasteiger partial charge in [0, 0.05) is 4.47 Å². The van der Waals surface area contributed by atoms with E-state index >= 15 is 0 Å². The van der Waals surface area contributed by atoms with Crippen molar-refractivity contribution in [2.24, 2.45) is 0 Å². The van der Waals surface area contributed by atoms with Crippen molar-refractivity contribution in [3.63, 3.8) is 0 Å². The zero-order valence-corrected chi connectivity index (χ0v) is 15.8. The minimum absolute atomic E-state index is 0.136. The lowest BCUT2D eigenvalue weighted by Gasteiger charge is -2.04. The number of nitrogens with zero attached hydrogens (tertiary/aromatic N) is 1. The van der Waals surface area contributed by atoms with Crippen molar-refractivity contribution < 1.29 is 13.2 Å². The summed E-state index contributed by atoms with van der Waals surface area (Å²) in [7, 11) is -3.68. The number of halogens is 1. The summed E-state index contributed by atoms with van der Waals surface area (Å²) < 4.78 is 26.4. The van der Waals surface area contributed by atoms with E-state index in [0.717, 1.165) is 20.3 Å². The van der Waals surface area contributed by atoms with Crippen LogP contribution in [0.25, 0.3) is 10.2 Å². The first-order valence-electron chi connectivity index (χ1n) is 6.99. The van der Waals surface area contributed by atoms with Crippen LogP contribution in [0.1, 0.15) is 5.56 Å². The molecule has 1 heterocycles. The van der Waals surface area contributed by atoms with Crippen molar-refractivity contribution in [2.75, 3.05) is 11.1 Å². The van der Waals surface area contributed by atoms with Crippen LogP contribution in [0.3, 0.4) is 0 Å². The number of thiazole rings is 1. The Kier molecular flexibility index (Phi) is 4.71. The molecule has 1 aromatic heterocycles. The Morgan fingerprint density at radius 1 is 1.21 bits per heavy atom. The lowest BCUT2D eigenvalue weighted by atomic mass is 10.2. The molecule has 3 rings (SSSR count). The Hall–Kier alpha value is -1.77. The average Bonchev–Trinajstić information content (AvgIpc) is 2.88. The zero-order valence-electron chi connectivity index (χ0n) is 12.6. The van der Waals surface area contributed by atoms with Crippen LogP contribution in [0.5, 0.6) is 0 Å². The molecule has 0 aliphatic rings.